The third kappa shape index (κ3) is 2.69. The van der Waals surface area contributed by atoms with Crippen LogP contribution in [0.1, 0.15) is 23.6 Å². The third-order valence-electron chi connectivity index (χ3n) is 3.75. The molecule has 3 rings (SSSR count). The van der Waals surface area contributed by atoms with E-state index in [4.69, 9.17) is 4.74 Å². The minimum atomic E-state index is -0.215. The van der Waals surface area contributed by atoms with E-state index in [1.807, 2.05) is 43.3 Å². The van der Waals surface area contributed by atoms with Gasteiger partial charge in [-0.15, -0.1) is 0 Å². The minimum Gasteiger partial charge on any atom is -0.462 e. The molecular weight excluding hydrogens is 292 g/mol. The Balaban J connectivity index is 2.24. The fourth-order valence-corrected chi connectivity index (χ4v) is 4.78. The van der Waals surface area contributed by atoms with Crippen molar-refractivity contribution >= 4 is 27.3 Å². The summed E-state index contributed by atoms with van der Waals surface area (Å²) < 4.78 is 5.35. The molecule has 0 fully saturated rings. The quantitative estimate of drug-likeness (QED) is 0.635. The predicted molar refractivity (Wildman–Crippen MR) is 93.3 cm³/mol. The molecule has 1 aliphatic rings. The Morgan fingerprint density at radius 1 is 1.09 bits per heavy atom. The molecule has 1 atom stereocenters. The van der Waals surface area contributed by atoms with E-state index in [0.717, 1.165) is 27.4 Å². The maximum absolute atomic E-state index is 12.6. The van der Waals surface area contributed by atoms with Gasteiger partial charge in [0, 0.05) is 27.6 Å². The highest BCUT2D eigenvalue weighted by atomic mass is 32.2. The van der Waals surface area contributed by atoms with Crippen LogP contribution >= 0.6 is 0 Å². The SMILES string of the molecule is CCOC(=O)C1=C(c2ccccc2)[S+](C)Cc2ccccc21. The fraction of sp³-hybridized carbons (Fsp3) is 0.211. The summed E-state index contributed by atoms with van der Waals surface area (Å²) in [6, 6.07) is 18.3. The van der Waals surface area contributed by atoms with Crippen molar-refractivity contribution in [1.82, 2.24) is 0 Å². The Hall–Kier alpha value is -2.00. The molecule has 22 heavy (non-hydrogen) atoms. The molecule has 1 heterocycles. The maximum atomic E-state index is 12.6. The van der Waals surface area contributed by atoms with Crippen molar-refractivity contribution in [3.05, 3.63) is 71.3 Å². The number of hydrogen-bond donors (Lipinski definition) is 0. The van der Waals surface area contributed by atoms with Crippen molar-refractivity contribution in [2.75, 3.05) is 12.9 Å². The van der Waals surface area contributed by atoms with Crippen LogP contribution in [-0.2, 0) is 26.2 Å². The Kier molecular flexibility index (Phi) is 4.34. The molecule has 1 unspecified atom stereocenters. The molecule has 1 aliphatic heterocycles. The third-order valence-corrected chi connectivity index (χ3v) is 5.63. The lowest BCUT2D eigenvalue weighted by Crippen LogP contribution is -2.20. The number of hydrogen-bond acceptors (Lipinski definition) is 2. The Bertz CT molecular complexity index is 719. The highest BCUT2D eigenvalue weighted by molar-refractivity contribution is 8.04. The van der Waals surface area contributed by atoms with Crippen molar-refractivity contribution in [3.63, 3.8) is 0 Å². The van der Waals surface area contributed by atoms with Crippen LogP contribution in [0, 0.1) is 0 Å². The number of esters is 1. The molecule has 0 radical (unpaired) electrons. The first-order valence-corrected chi connectivity index (χ1v) is 9.20. The molecule has 0 saturated heterocycles. The highest BCUT2D eigenvalue weighted by Crippen LogP contribution is 2.40. The van der Waals surface area contributed by atoms with Gasteiger partial charge in [0.25, 0.3) is 0 Å². The van der Waals surface area contributed by atoms with Crippen LogP contribution in [0.4, 0.5) is 0 Å². The van der Waals surface area contributed by atoms with Gasteiger partial charge in [0.15, 0.2) is 4.91 Å². The monoisotopic (exact) mass is 311 g/mol. The first-order chi connectivity index (χ1) is 10.7. The highest BCUT2D eigenvalue weighted by Gasteiger charge is 2.37. The normalized spacial score (nSPS) is 17.1. The smallest absolute Gasteiger partial charge is 0.343 e. The first kappa shape index (κ1) is 14.9. The number of carbonyl (C=O) groups excluding carboxylic acids is 1. The van der Waals surface area contributed by atoms with Gasteiger partial charge in [-0.2, -0.15) is 0 Å². The molecule has 0 amide bonds. The maximum Gasteiger partial charge on any atom is 0.343 e. The van der Waals surface area contributed by atoms with Gasteiger partial charge < -0.3 is 4.74 Å². The molecule has 2 aromatic rings. The van der Waals surface area contributed by atoms with E-state index >= 15 is 0 Å². The van der Waals surface area contributed by atoms with Gasteiger partial charge in [0.1, 0.15) is 17.6 Å². The molecule has 0 N–H and O–H groups in total. The van der Waals surface area contributed by atoms with Crippen LogP contribution < -0.4 is 0 Å². The molecule has 0 bridgehead atoms. The van der Waals surface area contributed by atoms with Gasteiger partial charge in [0.05, 0.1) is 6.61 Å². The molecule has 112 valence electrons. The summed E-state index contributed by atoms with van der Waals surface area (Å²) in [4.78, 5) is 13.7. The van der Waals surface area contributed by atoms with Crippen molar-refractivity contribution in [3.8, 4) is 0 Å². The van der Waals surface area contributed by atoms with Gasteiger partial charge in [-0.25, -0.2) is 4.79 Å². The summed E-state index contributed by atoms with van der Waals surface area (Å²) in [5.74, 6) is 0.761. The zero-order valence-electron chi connectivity index (χ0n) is 12.8. The summed E-state index contributed by atoms with van der Waals surface area (Å²) in [5, 5.41) is 0. The van der Waals surface area contributed by atoms with Crippen LogP contribution in [0.3, 0.4) is 0 Å². The fourth-order valence-electron chi connectivity index (χ4n) is 2.83. The molecule has 0 aromatic heterocycles. The molecule has 0 spiro atoms. The Labute approximate surface area is 134 Å². The van der Waals surface area contributed by atoms with E-state index in [1.54, 1.807) is 0 Å². The molecule has 3 heteroatoms. The van der Waals surface area contributed by atoms with Gasteiger partial charge in [-0.1, -0.05) is 42.5 Å². The van der Waals surface area contributed by atoms with Crippen LogP contribution in [0.5, 0.6) is 0 Å². The Morgan fingerprint density at radius 2 is 1.77 bits per heavy atom. The second kappa shape index (κ2) is 6.41. The average Bonchev–Trinajstić information content (AvgIpc) is 2.54. The van der Waals surface area contributed by atoms with Crippen LogP contribution in [0.2, 0.25) is 0 Å². The van der Waals surface area contributed by atoms with E-state index in [1.165, 1.54) is 5.56 Å². The molecular formula is C19H19O2S+. The van der Waals surface area contributed by atoms with Crippen LogP contribution in [0.25, 0.3) is 10.5 Å². The topological polar surface area (TPSA) is 26.3 Å². The average molecular weight is 311 g/mol. The van der Waals surface area contributed by atoms with Crippen LogP contribution in [-0.4, -0.2) is 18.8 Å². The van der Waals surface area contributed by atoms with Crippen molar-refractivity contribution in [2.24, 2.45) is 0 Å². The lowest BCUT2D eigenvalue weighted by molar-refractivity contribution is -0.136. The van der Waals surface area contributed by atoms with Crippen molar-refractivity contribution in [1.29, 1.82) is 0 Å². The number of fused-ring (bicyclic) bond motifs is 1. The van der Waals surface area contributed by atoms with Gasteiger partial charge >= 0.3 is 5.97 Å². The van der Waals surface area contributed by atoms with Crippen molar-refractivity contribution < 1.29 is 9.53 Å². The molecule has 0 aliphatic carbocycles. The second-order valence-corrected chi connectivity index (χ2v) is 7.20. The summed E-state index contributed by atoms with van der Waals surface area (Å²) in [7, 11) is -0.0158. The summed E-state index contributed by atoms with van der Waals surface area (Å²) in [5.41, 5.74) is 4.10. The minimum absolute atomic E-state index is 0.0158. The Morgan fingerprint density at radius 3 is 2.50 bits per heavy atom. The lowest BCUT2D eigenvalue weighted by atomic mass is 9.97. The number of ether oxygens (including phenoxy) is 1. The number of benzene rings is 2. The molecule has 2 aromatic carbocycles. The number of rotatable bonds is 3. The van der Waals surface area contributed by atoms with E-state index in [0.29, 0.717) is 6.61 Å². The first-order valence-electron chi connectivity index (χ1n) is 7.40. The van der Waals surface area contributed by atoms with Crippen LogP contribution in [0.15, 0.2) is 54.6 Å². The number of carbonyl (C=O) groups is 1. The molecule has 0 saturated carbocycles. The summed E-state index contributed by atoms with van der Waals surface area (Å²) >= 11 is 0. The zero-order valence-corrected chi connectivity index (χ0v) is 13.7. The van der Waals surface area contributed by atoms with Crippen molar-refractivity contribution in [2.45, 2.75) is 12.7 Å². The van der Waals surface area contributed by atoms with E-state index in [2.05, 4.69) is 24.5 Å². The van der Waals surface area contributed by atoms with E-state index < -0.39 is 0 Å². The zero-order chi connectivity index (χ0) is 15.5. The van der Waals surface area contributed by atoms with Gasteiger partial charge in [0.2, 0.25) is 0 Å². The second-order valence-electron chi connectivity index (χ2n) is 5.23. The summed E-state index contributed by atoms with van der Waals surface area (Å²) in [6.45, 7) is 2.24. The lowest BCUT2D eigenvalue weighted by Gasteiger charge is -2.21. The summed E-state index contributed by atoms with van der Waals surface area (Å²) in [6.07, 6.45) is 2.21. The van der Waals surface area contributed by atoms with E-state index in [9.17, 15) is 4.79 Å². The predicted octanol–water partition coefficient (Wildman–Crippen LogP) is 3.88. The molecule has 2 nitrogen and oxygen atoms in total. The van der Waals surface area contributed by atoms with Gasteiger partial charge in [-0.3, -0.25) is 0 Å². The standard InChI is InChI=1S/C19H19O2S/c1-3-21-19(20)17-16-12-8-7-11-15(16)13-22(2)18(17)14-9-5-4-6-10-14/h4-12H,3,13H2,1-2H3/q+1. The van der Waals surface area contributed by atoms with Gasteiger partial charge in [-0.05, 0) is 19.1 Å². The largest absolute Gasteiger partial charge is 0.462 e. The van der Waals surface area contributed by atoms with E-state index in [-0.39, 0.29) is 16.9 Å².